The zero-order valence-corrected chi connectivity index (χ0v) is 9.95. The highest BCUT2D eigenvalue weighted by Crippen LogP contribution is 2.34. The van der Waals surface area contributed by atoms with Crippen molar-refractivity contribution in [3.63, 3.8) is 0 Å². The summed E-state index contributed by atoms with van der Waals surface area (Å²) in [5, 5.41) is 1.84. The first kappa shape index (κ1) is 10.8. The fraction of sp³-hybridized carbons (Fsp3) is 0.636. The molecule has 4 unspecified atom stereocenters. The molecular formula is C11H15NO2S. The summed E-state index contributed by atoms with van der Waals surface area (Å²) in [6, 6.07) is 1.79. The zero-order chi connectivity index (χ0) is 11.0. The Morgan fingerprint density at radius 2 is 2.13 bits per heavy atom. The Labute approximate surface area is 93.6 Å². The minimum Gasteiger partial charge on any atom is -0.374 e. The molecule has 4 atom stereocenters. The molecule has 2 heterocycles. The third kappa shape index (κ3) is 1.84. The molecule has 0 N–H and O–H groups in total. The lowest BCUT2D eigenvalue weighted by atomic mass is 9.85. The number of hydrogen-bond donors (Lipinski definition) is 0. The van der Waals surface area contributed by atoms with Gasteiger partial charge < -0.3 is 4.74 Å². The molecule has 0 radical (unpaired) electrons. The number of carbonyl (C=O) groups is 1. The van der Waals surface area contributed by atoms with Crippen LogP contribution in [0.4, 0.5) is 0 Å². The topological polar surface area (TPSA) is 39.2 Å². The lowest BCUT2D eigenvalue weighted by molar-refractivity contribution is 0.0490. The van der Waals surface area contributed by atoms with Crippen LogP contribution in [0.3, 0.4) is 0 Å². The average molecular weight is 225 g/mol. The third-order valence-corrected chi connectivity index (χ3v) is 3.79. The number of carbonyl (C=O) groups excluding carboxylic acids is 1. The van der Waals surface area contributed by atoms with Crippen LogP contribution in [-0.4, -0.2) is 22.4 Å². The molecule has 4 heteroatoms. The van der Waals surface area contributed by atoms with Crippen LogP contribution in [0, 0.1) is 11.8 Å². The van der Waals surface area contributed by atoms with Gasteiger partial charge in [0.25, 0.3) is 0 Å². The molecule has 1 saturated heterocycles. The van der Waals surface area contributed by atoms with Gasteiger partial charge in [-0.05, 0) is 37.4 Å². The predicted molar refractivity (Wildman–Crippen MR) is 59.1 cm³/mol. The Morgan fingerprint density at radius 1 is 1.40 bits per heavy atom. The second kappa shape index (κ2) is 4.02. The molecule has 0 bridgehead atoms. The van der Waals surface area contributed by atoms with Gasteiger partial charge >= 0.3 is 0 Å². The summed E-state index contributed by atoms with van der Waals surface area (Å²) in [6.45, 7) is 6.06. The van der Waals surface area contributed by atoms with E-state index in [9.17, 15) is 4.79 Å². The third-order valence-electron chi connectivity index (χ3n) is 3.23. The van der Waals surface area contributed by atoms with Crippen LogP contribution in [0.1, 0.15) is 31.3 Å². The summed E-state index contributed by atoms with van der Waals surface area (Å²) in [5.41, 5.74) is 0.585. The molecule has 1 aliphatic rings. The van der Waals surface area contributed by atoms with Crippen LogP contribution >= 0.6 is 11.5 Å². The van der Waals surface area contributed by atoms with E-state index in [-0.39, 0.29) is 29.8 Å². The Hall–Kier alpha value is -0.740. The molecule has 1 aromatic rings. The maximum absolute atomic E-state index is 12.1. The largest absolute Gasteiger partial charge is 0.374 e. The molecule has 0 aliphatic carbocycles. The average Bonchev–Trinajstić information content (AvgIpc) is 2.76. The summed E-state index contributed by atoms with van der Waals surface area (Å²) in [6.07, 6.45) is 0.164. The summed E-state index contributed by atoms with van der Waals surface area (Å²) < 4.78 is 9.75. The molecule has 2 rings (SSSR count). The molecule has 1 fully saturated rings. The Morgan fingerprint density at radius 3 is 2.60 bits per heavy atom. The van der Waals surface area contributed by atoms with E-state index in [0.717, 1.165) is 0 Å². The first-order valence-corrected chi connectivity index (χ1v) is 6.05. The van der Waals surface area contributed by atoms with Crippen molar-refractivity contribution in [2.75, 3.05) is 0 Å². The van der Waals surface area contributed by atoms with Gasteiger partial charge in [-0.3, -0.25) is 4.79 Å². The van der Waals surface area contributed by atoms with Crippen LogP contribution in [0.25, 0.3) is 0 Å². The van der Waals surface area contributed by atoms with Crippen molar-refractivity contribution in [3.8, 4) is 0 Å². The fourth-order valence-corrected chi connectivity index (χ4v) is 2.74. The number of rotatable bonds is 2. The Kier molecular flexibility index (Phi) is 2.89. The van der Waals surface area contributed by atoms with Crippen LogP contribution in [-0.2, 0) is 4.74 Å². The quantitative estimate of drug-likeness (QED) is 0.725. The van der Waals surface area contributed by atoms with Crippen LogP contribution in [0.5, 0.6) is 0 Å². The minimum absolute atomic E-state index is 0.00389. The number of ketones is 1. The smallest absolute Gasteiger partial charge is 0.188 e. The van der Waals surface area contributed by atoms with E-state index < -0.39 is 0 Å². The number of hydrogen-bond acceptors (Lipinski definition) is 4. The Balaban J connectivity index is 2.20. The molecule has 0 aromatic carbocycles. The van der Waals surface area contributed by atoms with E-state index in [4.69, 9.17) is 4.74 Å². The van der Waals surface area contributed by atoms with Crippen molar-refractivity contribution in [1.29, 1.82) is 0 Å². The SMILES string of the molecule is CC1OC(C)C(C(=O)c2ccsn2)C1C. The van der Waals surface area contributed by atoms with Gasteiger partial charge in [-0.15, -0.1) is 0 Å². The first-order valence-electron chi connectivity index (χ1n) is 5.21. The van der Waals surface area contributed by atoms with E-state index in [0.29, 0.717) is 5.69 Å². The summed E-state index contributed by atoms with van der Waals surface area (Å²) in [5.74, 6) is 0.358. The maximum atomic E-state index is 12.1. The van der Waals surface area contributed by atoms with E-state index >= 15 is 0 Å². The molecule has 82 valence electrons. The monoisotopic (exact) mass is 225 g/mol. The van der Waals surface area contributed by atoms with Crippen LogP contribution in [0.15, 0.2) is 11.4 Å². The second-order valence-electron chi connectivity index (χ2n) is 4.18. The molecule has 0 saturated carbocycles. The van der Waals surface area contributed by atoms with Crippen molar-refractivity contribution in [3.05, 3.63) is 17.1 Å². The van der Waals surface area contributed by atoms with Crippen molar-refractivity contribution in [2.24, 2.45) is 11.8 Å². The van der Waals surface area contributed by atoms with Gasteiger partial charge in [0.1, 0.15) is 5.69 Å². The summed E-state index contributed by atoms with van der Waals surface area (Å²) in [4.78, 5) is 12.1. The van der Waals surface area contributed by atoms with Crippen molar-refractivity contribution in [2.45, 2.75) is 33.0 Å². The lowest BCUT2D eigenvalue weighted by Crippen LogP contribution is -2.27. The normalized spacial score (nSPS) is 35.7. The van der Waals surface area contributed by atoms with Gasteiger partial charge in [0.2, 0.25) is 0 Å². The molecule has 0 spiro atoms. The predicted octanol–water partition coefficient (Wildman–Crippen LogP) is 2.39. The standard InChI is InChI=1S/C11H15NO2S/c1-6-7(2)14-8(3)10(6)11(13)9-4-5-15-12-9/h4-8,10H,1-3H3. The lowest BCUT2D eigenvalue weighted by Gasteiger charge is -2.15. The number of Topliss-reactive ketones (excluding diaryl/α,β-unsaturated/α-hetero) is 1. The fourth-order valence-electron chi connectivity index (χ4n) is 2.23. The maximum Gasteiger partial charge on any atom is 0.188 e. The first-order chi connectivity index (χ1) is 7.11. The summed E-state index contributed by atoms with van der Waals surface area (Å²) >= 11 is 1.32. The molecule has 15 heavy (non-hydrogen) atoms. The van der Waals surface area contributed by atoms with Crippen molar-refractivity contribution >= 4 is 17.3 Å². The zero-order valence-electron chi connectivity index (χ0n) is 9.14. The van der Waals surface area contributed by atoms with E-state index in [2.05, 4.69) is 11.3 Å². The molecular weight excluding hydrogens is 210 g/mol. The number of ether oxygens (including phenoxy) is 1. The van der Waals surface area contributed by atoms with Gasteiger partial charge in [0.05, 0.1) is 18.1 Å². The van der Waals surface area contributed by atoms with Gasteiger partial charge in [0, 0.05) is 5.38 Å². The van der Waals surface area contributed by atoms with Crippen LogP contribution < -0.4 is 0 Å². The summed E-state index contributed by atoms with van der Waals surface area (Å²) in [7, 11) is 0. The van der Waals surface area contributed by atoms with Gasteiger partial charge in [0.15, 0.2) is 5.78 Å². The molecule has 1 aliphatic heterocycles. The van der Waals surface area contributed by atoms with Crippen molar-refractivity contribution < 1.29 is 9.53 Å². The minimum atomic E-state index is -0.0397. The van der Waals surface area contributed by atoms with Crippen molar-refractivity contribution in [1.82, 2.24) is 4.37 Å². The van der Waals surface area contributed by atoms with Crippen LogP contribution in [0.2, 0.25) is 0 Å². The molecule has 1 aromatic heterocycles. The molecule has 0 amide bonds. The van der Waals surface area contributed by atoms with E-state index in [1.54, 1.807) is 6.07 Å². The van der Waals surface area contributed by atoms with Gasteiger partial charge in [-0.2, -0.15) is 4.37 Å². The van der Waals surface area contributed by atoms with Gasteiger partial charge in [-0.25, -0.2) is 0 Å². The van der Waals surface area contributed by atoms with E-state index in [1.165, 1.54) is 11.5 Å². The highest BCUT2D eigenvalue weighted by Gasteiger charge is 2.42. The van der Waals surface area contributed by atoms with Gasteiger partial charge in [-0.1, -0.05) is 6.92 Å². The Bertz CT molecular complexity index is 349. The number of nitrogens with zero attached hydrogens (tertiary/aromatic N) is 1. The second-order valence-corrected chi connectivity index (χ2v) is 4.85. The molecule has 3 nitrogen and oxygen atoms in total. The highest BCUT2D eigenvalue weighted by molar-refractivity contribution is 7.03. The van der Waals surface area contributed by atoms with E-state index in [1.807, 2.05) is 19.2 Å². The highest BCUT2D eigenvalue weighted by atomic mass is 32.1. The number of aromatic nitrogens is 1.